The lowest BCUT2D eigenvalue weighted by molar-refractivity contribution is 0.276. The van der Waals surface area contributed by atoms with Crippen LogP contribution in [0.4, 0.5) is 5.69 Å². The van der Waals surface area contributed by atoms with E-state index in [9.17, 15) is 0 Å². The van der Waals surface area contributed by atoms with Gasteiger partial charge in [0.1, 0.15) is 0 Å². The third-order valence-corrected chi connectivity index (χ3v) is 2.01. The number of para-hydroxylation sites is 1. The Morgan fingerprint density at radius 2 is 2.15 bits per heavy atom. The Kier molecular flexibility index (Phi) is 3.73. The topological polar surface area (TPSA) is 58.3 Å². The molecule has 13 heavy (non-hydrogen) atoms. The van der Waals surface area contributed by atoms with Crippen molar-refractivity contribution in [1.29, 1.82) is 0 Å². The van der Waals surface area contributed by atoms with Gasteiger partial charge in [-0.2, -0.15) is 0 Å². The summed E-state index contributed by atoms with van der Waals surface area (Å²) in [5, 5.41) is 12.1. The van der Waals surface area contributed by atoms with Crippen LogP contribution < -0.4 is 11.1 Å². The maximum Gasteiger partial charge on any atom is 0.0645 e. The molecule has 0 aliphatic heterocycles. The molecule has 0 bridgehead atoms. The van der Waals surface area contributed by atoms with Crippen molar-refractivity contribution in [1.82, 2.24) is 0 Å². The number of hydrogen-bond donors (Lipinski definition) is 3. The van der Waals surface area contributed by atoms with E-state index in [1.807, 2.05) is 31.2 Å². The van der Waals surface area contributed by atoms with E-state index in [-0.39, 0.29) is 12.6 Å². The fourth-order valence-corrected chi connectivity index (χ4v) is 1.13. The zero-order valence-electron chi connectivity index (χ0n) is 7.83. The lowest BCUT2D eigenvalue weighted by Gasteiger charge is -2.16. The summed E-state index contributed by atoms with van der Waals surface area (Å²) in [6.45, 7) is 2.52. The van der Waals surface area contributed by atoms with Crippen LogP contribution in [0, 0.1) is 6.92 Å². The molecule has 0 aliphatic carbocycles. The predicted octanol–water partition coefficient (Wildman–Crippen LogP) is 0.727. The summed E-state index contributed by atoms with van der Waals surface area (Å²) in [4.78, 5) is 0. The van der Waals surface area contributed by atoms with Gasteiger partial charge in [0, 0.05) is 12.2 Å². The smallest absolute Gasteiger partial charge is 0.0645 e. The van der Waals surface area contributed by atoms with Crippen LogP contribution in [0.1, 0.15) is 5.56 Å². The molecule has 0 radical (unpaired) electrons. The minimum absolute atomic E-state index is 0.0545. The summed E-state index contributed by atoms with van der Waals surface area (Å²) in [5.74, 6) is 0. The van der Waals surface area contributed by atoms with E-state index < -0.39 is 0 Å². The lowest BCUT2D eigenvalue weighted by atomic mass is 10.2. The maximum absolute atomic E-state index is 8.94. The first-order valence-corrected chi connectivity index (χ1v) is 4.41. The minimum atomic E-state index is -0.0545. The standard InChI is InChI=1S/C10H16N2O/c1-8-4-2-3-5-10(8)12-9(6-11)7-13/h2-5,9,12-13H,6-7,11H2,1H3. The number of anilines is 1. The summed E-state index contributed by atoms with van der Waals surface area (Å²) in [6, 6.07) is 7.89. The van der Waals surface area contributed by atoms with Crippen molar-refractivity contribution in [2.75, 3.05) is 18.5 Å². The summed E-state index contributed by atoms with van der Waals surface area (Å²) < 4.78 is 0. The molecule has 1 aromatic carbocycles. The van der Waals surface area contributed by atoms with E-state index in [0.717, 1.165) is 11.3 Å². The third-order valence-electron chi connectivity index (χ3n) is 2.01. The van der Waals surface area contributed by atoms with Crippen molar-refractivity contribution in [2.24, 2.45) is 5.73 Å². The van der Waals surface area contributed by atoms with Gasteiger partial charge in [-0.25, -0.2) is 0 Å². The Balaban J connectivity index is 2.67. The van der Waals surface area contributed by atoms with Gasteiger partial charge in [0.25, 0.3) is 0 Å². The van der Waals surface area contributed by atoms with Crippen LogP contribution >= 0.6 is 0 Å². The van der Waals surface area contributed by atoms with E-state index >= 15 is 0 Å². The first-order chi connectivity index (χ1) is 6.27. The molecule has 4 N–H and O–H groups in total. The number of nitrogens with one attached hydrogen (secondary N) is 1. The van der Waals surface area contributed by atoms with E-state index in [4.69, 9.17) is 10.8 Å². The van der Waals surface area contributed by atoms with Crippen LogP contribution in [0.15, 0.2) is 24.3 Å². The van der Waals surface area contributed by atoms with E-state index in [2.05, 4.69) is 5.32 Å². The normalized spacial score (nSPS) is 12.5. The molecule has 72 valence electrons. The monoisotopic (exact) mass is 180 g/mol. The number of aliphatic hydroxyl groups is 1. The van der Waals surface area contributed by atoms with Crippen molar-refractivity contribution < 1.29 is 5.11 Å². The second-order valence-corrected chi connectivity index (χ2v) is 3.07. The van der Waals surface area contributed by atoms with Crippen LogP contribution in [0.2, 0.25) is 0 Å². The first kappa shape index (κ1) is 10.0. The largest absolute Gasteiger partial charge is 0.394 e. The highest BCUT2D eigenvalue weighted by molar-refractivity contribution is 5.50. The van der Waals surface area contributed by atoms with Crippen molar-refractivity contribution in [3.05, 3.63) is 29.8 Å². The highest BCUT2D eigenvalue weighted by atomic mass is 16.3. The van der Waals surface area contributed by atoms with Crippen LogP contribution in [-0.2, 0) is 0 Å². The molecule has 0 aliphatic rings. The Labute approximate surface area is 78.6 Å². The van der Waals surface area contributed by atoms with Gasteiger partial charge in [0.05, 0.1) is 12.6 Å². The van der Waals surface area contributed by atoms with E-state index in [1.165, 1.54) is 0 Å². The molecule has 0 saturated heterocycles. The zero-order valence-corrected chi connectivity index (χ0v) is 7.83. The Hall–Kier alpha value is -1.06. The molecule has 0 spiro atoms. The van der Waals surface area contributed by atoms with Crippen LogP contribution in [0.5, 0.6) is 0 Å². The van der Waals surface area contributed by atoms with Gasteiger partial charge in [-0.1, -0.05) is 18.2 Å². The Bertz CT molecular complexity index is 259. The van der Waals surface area contributed by atoms with Gasteiger partial charge >= 0.3 is 0 Å². The fraction of sp³-hybridized carbons (Fsp3) is 0.400. The van der Waals surface area contributed by atoms with Gasteiger partial charge in [-0.15, -0.1) is 0 Å². The molecule has 1 atom stereocenters. The number of hydrogen-bond acceptors (Lipinski definition) is 3. The number of nitrogens with two attached hydrogens (primary N) is 1. The number of benzene rings is 1. The zero-order chi connectivity index (χ0) is 9.68. The second-order valence-electron chi connectivity index (χ2n) is 3.07. The Morgan fingerprint density at radius 1 is 1.46 bits per heavy atom. The van der Waals surface area contributed by atoms with Crippen molar-refractivity contribution >= 4 is 5.69 Å². The van der Waals surface area contributed by atoms with Crippen LogP contribution in [0.3, 0.4) is 0 Å². The Morgan fingerprint density at radius 3 is 2.69 bits per heavy atom. The quantitative estimate of drug-likeness (QED) is 0.640. The van der Waals surface area contributed by atoms with Crippen molar-refractivity contribution in [3.8, 4) is 0 Å². The highest BCUT2D eigenvalue weighted by Crippen LogP contribution is 2.13. The van der Waals surface area contributed by atoms with E-state index in [1.54, 1.807) is 0 Å². The molecular weight excluding hydrogens is 164 g/mol. The van der Waals surface area contributed by atoms with Gasteiger partial charge in [-0.3, -0.25) is 0 Å². The molecule has 3 nitrogen and oxygen atoms in total. The predicted molar refractivity (Wildman–Crippen MR) is 54.7 cm³/mol. The maximum atomic E-state index is 8.94. The number of rotatable bonds is 4. The van der Waals surface area contributed by atoms with Gasteiger partial charge in [-0.05, 0) is 18.6 Å². The molecule has 3 heteroatoms. The molecule has 1 aromatic rings. The van der Waals surface area contributed by atoms with Gasteiger partial charge in [0.15, 0.2) is 0 Å². The van der Waals surface area contributed by atoms with Crippen LogP contribution in [0.25, 0.3) is 0 Å². The molecule has 0 heterocycles. The number of aliphatic hydroxyl groups excluding tert-OH is 1. The molecule has 1 unspecified atom stereocenters. The summed E-state index contributed by atoms with van der Waals surface area (Å²) in [6.07, 6.45) is 0. The highest BCUT2D eigenvalue weighted by Gasteiger charge is 2.04. The fourth-order valence-electron chi connectivity index (χ4n) is 1.13. The van der Waals surface area contributed by atoms with Crippen molar-refractivity contribution in [2.45, 2.75) is 13.0 Å². The summed E-state index contributed by atoms with van der Waals surface area (Å²) in [5.41, 5.74) is 7.65. The van der Waals surface area contributed by atoms with Crippen molar-refractivity contribution in [3.63, 3.8) is 0 Å². The average molecular weight is 180 g/mol. The molecule has 0 saturated carbocycles. The average Bonchev–Trinajstić information content (AvgIpc) is 2.17. The van der Waals surface area contributed by atoms with E-state index in [0.29, 0.717) is 6.54 Å². The minimum Gasteiger partial charge on any atom is -0.394 e. The van der Waals surface area contributed by atoms with Gasteiger partial charge < -0.3 is 16.2 Å². The first-order valence-electron chi connectivity index (χ1n) is 4.41. The SMILES string of the molecule is Cc1ccccc1NC(CN)CO. The molecule has 0 amide bonds. The molecule has 1 rings (SSSR count). The summed E-state index contributed by atoms with van der Waals surface area (Å²) >= 11 is 0. The van der Waals surface area contributed by atoms with Crippen LogP contribution in [-0.4, -0.2) is 24.3 Å². The van der Waals surface area contributed by atoms with Gasteiger partial charge in [0.2, 0.25) is 0 Å². The lowest BCUT2D eigenvalue weighted by Crippen LogP contribution is -2.32. The molecule has 0 aromatic heterocycles. The number of aryl methyl sites for hydroxylation is 1. The molecule has 0 fully saturated rings. The second kappa shape index (κ2) is 4.84. The third kappa shape index (κ3) is 2.72. The summed E-state index contributed by atoms with van der Waals surface area (Å²) in [7, 11) is 0. The molecular formula is C10H16N2O.